The summed E-state index contributed by atoms with van der Waals surface area (Å²) in [6, 6.07) is 5.58. The summed E-state index contributed by atoms with van der Waals surface area (Å²) in [7, 11) is 0. The summed E-state index contributed by atoms with van der Waals surface area (Å²) in [6.07, 6.45) is 0. The first kappa shape index (κ1) is 14.4. The third kappa shape index (κ3) is 2.64. The number of carbonyl (C=O) groups is 1. The van der Waals surface area contributed by atoms with Gasteiger partial charge in [0.2, 0.25) is 0 Å². The molecule has 2 aromatic rings. The SMILES string of the molecule is CCOC(=O)C(C)(C)Oc1ccc2c(C)c(C)oc2c1. The van der Waals surface area contributed by atoms with Crippen molar-refractivity contribution in [3.8, 4) is 5.75 Å². The maximum Gasteiger partial charge on any atom is 0.349 e. The predicted octanol–water partition coefficient (Wildman–Crippen LogP) is 3.77. The van der Waals surface area contributed by atoms with E-state index in [9.17, 15) is 4.79 Å². The van der Waals surface area contributed by atoms with Gasteiger partial charge in [0, 0.05) is 11.5 Å². The van der Waals surface area contributed by atoms with E-state index < -0.39 is 5.60 Å². The van der Waals surface area contributed by atoms with Gasteiger partial charge in [-0.1, -0.05) is 0 Å². The second-order valence-corrected chi connectivity index (χ2v) is 5.27. The van der Waals surface area contributed by atoms with Gasteiger partial charge in [-0.2, -0.15) is 0 Å². The lowest BCUT2D eigenvalue weighted by Gasteiger charge is -2.23. The molecule has 0 aliphatic rings. The first-order chi connectivity index (χ1) is 9.35. The van der Waals surface area contributed by atoms with Crippen LogP contribution < -0.4 is 4.74 Å². The second-order valence-electron chi connectivity index (χ2n) is 5.27. The van der Waals surface area contributed by atoms with Crippen LogP contribution >= 0.6 is 0 Å². The Morgan fingerprint density at radius 1 is 1.30 bits per heavy atom. The van der Waals surface area contributed by atoms with Gasteiger partial charge < -0.3 is 13.9 Å². The lowest BCUT2D eigenvalue weighted by atomic mass is 10.1. The summed E-state index contributed by atoms with van der Waals surface area (Å²) in [5.41, 5.74) is 0.855. The smallest absolute Gasteiger partial charge is 0.349 e. The Hall–Kier alpha value is -1.97. The summed E-state index contributed by atoms with van der Waals surface area (Å²) in [5, 5.41) is 1.06. The highest BCUT2D eigenvalue weighted by Gasteiger charge is 2.31. The van der Waals surface area contributed by atoms with Crippen molar-refractivity contribution in [3.63, 3.8) is 0 Å². The molecule has 0 radical (unpaired) electrons. The molecule has 0 atom stereocenters. The number of hydrogen-bond acceptors (Lipinski definition) is 4. The van der Waals surface area contributed by atoms with Crippen LogP contribution in [0.1, 0.15) is 32.1 Å². The topological polar surface area (TPSA) is 48.7 Å². The van der Waals surface area contributed by atoms with Gasteiger partial charge in [0.15, 0.2) is 5.60 Å². The van der Waals surface area contributed by atoms with Crippen molar-refractivity contribution in [1.29, 1.82) is 0 Å². The standard InChI is InChI=1S/C16H20O4/c1-6-18-15(17)16(4,5)20-12-7-8-13-10(2)11(3)19-14(13)9-12/h7-9H,6H2,1-5H3. The molecule has 0 aliphatic heterocycles. The monoisotopic (exact) mass is 276 g/mol. The summed E-state index contributed by atoms with van der Waals surface area (Å²) in [5.74, 6) is 1.10. The normalized spacial score (nSPS) is 11.7. The zero-order valence-electron chi connectivity index (χ0n) is 12.6. The molecule has 0 saturated carbocycles. The molecule has 108 valence electrons. The zero-order valence-corrected chi connectivity index (χ0v) is 12.6. The van der Waals surface area contributed by atoms with Crippen LogP contribution in [0.4, 0.5) is 0 Å². The van der Waals surface area contributed by atoms with E-state index in [1.807, 2.05) is 26.0 Å². The molecule has 1 heterocycles. The Morgan fingerprint density at radius 3 is 2.65 bits per heavy atom. The van der Waals surface area contributed by atoms with Gasteiger partial charge in [0.05, 0.1) is 6.61 Å². The number of benzene rings is 1. The van der Waals surface area contributed by atoms with Crippen molar-refractivity contribution in [2.75, 3.05) is 6.61 Å². The quantitative estimate of drug-likeness (QED) is 0.797. The molecule has 0 unspecified atom stereocenters. The summed E-state index contributed by atoms with van der Waals surface area (Å²) >= 11 is 0. The first-order valence-corrected chi connectivity index (χ1v) is 6.71. The first-order valence-electron chi connectivity index (χ1n) is 6.71. The Bertz CT molecular complexity index is 637. The molecular weight excluding hydrogens is 256 g/mol. The molecule has 1 aromatic carbocycles. The van der Waals surface area contributed by atoms with E-state index in [0.29, 0.717) is 12.4 Å². The average molecular weight is 276 g/mol. The zero-order chi connectivity index (χ0) is 14.9. The third-order valence-corrected chi connectivity index (χ3v) is 3.29. The van der Waals surface area contributed by atoms with Crippen molar-refractivity contribution in [3.05, 3.63) is 29.5 Å². The lowest BCUT2D eigenvalue weighted by Crippen LogP contribution is -2.39. The molecule has 0 saturated heterocycles. The Balaban J connectivity index is 2.28. The van der Waals surface area contributed by atoms with E-state index in [2.05, 4.69) is 0 Å². The molecule has 0 fully saturated rings. The highest BCUT2D eigenvalue weighted by molar-refractivity contribution is 5.83. The molecule has 4 heteroatoms. The number of hydrogen-bond donors (Lipinski definition) is 0. The molecule has 2 rings (SSSR count). The van der Waals surface area contributed by atoms with E-state index in [4.69, 9.17) is 13.9 Å². The van der Waals surface area contributed by atoms with Crippen LogP contribution in [0, 0.1) is 13.8 Å². The Kier molecular flexibility index (Phi) is 3.75. The number of ether oxygens (including phenoxy) is 2. The molecule has 20 heavy (non-hydrogen) atoms. The molecule has 0 aliphatic carbocycles. The van der Waals surface area contributed by atoms with Crippen LogP contribution in [0.2, 0.25) is 0 Å². The number of rotatable bonds is 4. The third-order valence-electron chi connectivity index (χ3n) is 3.29. The molecular formula is C16H20O4. The number of aryl methyl sites for hydroxylation is 2. The number of fused-ring (bicyclic) bond motifs is 1. The molecule has 0 amide bonds. The summed E-state index contributed by atoms with van der Waals surface area (Å²) in [6.45, 7) is 9.43. The van der Waals surface area contributed by atoms with Gasteiger partial charge in [-0.3, -0.25) is 0 Å². The van der Waals surface area contributed by atoms with E-state index in [1.165, 1.54) is 0 Å². The minimum Gasteiger partial charge on any atom is -0.476 e. The van der Waals surface area contributed by atoms with Gasteiger partial charge in [0.1, 0.15) is 17.1 Å². The maximum atomic E-state index is 11.8. The maximum absolute atomic E-state index is 11.8. The Labute approximate surface area is 118 Å². The van der Waals surface area contributed by atoms with E-state index in [1.54, 1.807) is 26.8 Å². The van der Waals surface area contributed by atoms with Gasteiger partial charge in [-0.05, 0) is 52.3 Å². The summed E-state index contributed by atoms with van der Waals surface area (Å²) < 4.78 is 16.4. The van der Waals surface area contributed by atoms with Crippen molar-refractivity contribution in [2.45, 2.75) is 40.2 Å². The van der Waals surface area contributed by atoms with Crippen LogP contribution in [0.3, 0.4) is 0 Å². The fourth-order valence-electron chi connectivity index (χ4n) is 2.03. The highest BCUT2D eigenvalue weighted by Crippen LogP contribution is 2.29. The minimum absolute atomic E-state index is 0.335. The van der Waals surface area contributed by atoms with Crippen molar-refractivity contribution >= 4 is 16.9 Å². The average Bonchev–Trinajstić information content (AvgIpc) is 2.64. The largest absolute Gasteiger partial charge is 0.476 e. The number of carbonyl (C=O) groups excluding carboxylic acids is 1. The molecule has 0 bridgehead atoms. The van der Waals surface area contributed by atoms with Crippen LogP contribution in [0.5, 0.6) is 5.75 Å². The molecule has 0 spiro atoms. The molecule has 4 nitrogen and oxygen atoms in total. The van der Waals surface area contributed by atoms with Crippen LogP contribution in [0.15, 0.2) is 22.6 Å². The highest BCUT2D eigenvalue weighted by atomic mass is 16.6. The van der Waals surface area contributed by atoms with E-state index in [-0.39, 0.29) is 5.97 Å². The van der Waals surface area contributed by atoms with Crippen LogP contribution in [0.25, 0.3) is 11.0 Å². The van der Waals surface area contributed by atoms with Crippen molar-refractivity contribution in [1.82, 2.24) is 0 Å². The van der Waals surface area contributed by atoms with Crippen LogP contribution in [-0.4, -0.2) is 18.2 Å². The lowest BCUT2D eigenvalue weighted by molar-refractivity contribution is -0.158. The number of furan rings is 1. The van der Waals surface area contributed by atoms with Crippen LogP contribution in [-0.2, 0) is 9.53 Å². The predicted molar refractivity (Wildman–Crippen MR) is 77.0 cm³/mol. The van der Waals surface area contributed by atoms with E-state index in [0.717, 1.165) is 22.3 Å². The van der Waals surface area contributed by atoms with Gasteiger partial charge in [-0.15, -0.1) is 0 Å². The number of esters is 1. The summed E-state index contributed by atoms with van der Waals surface area (Å²) in [4.78, 5) is 11.8. The fourth-order valence-corrected chi connectivity index (χ4v) is 2.03. The van der Waals surface area contributed by atoms with Crippen molar-refractivity contribution in [2.24, 2.45) is 0 Å². The fraction of sp³-hybridized carbons (Fsp3) is 0.438. The van der Waals surface area contributed by atoms with E-state index >= 15 is 0 Å². The molecule has 1 aromatic heterocycles. The second kappa shape index (κ2) is 5.19. The van der Waals surface area contributed by atoms with Gasteiger partial charge >= 0.3 is 5.97 Å². The van der Waals surface area contributed by atoms with Gasteiger partial charge in [0.25, 0.3) is 0 Å². The van der Waals surface area contributed by atoms with Gasteiger partial charge in [-0.25, -0.2) is 4.79 Å². The Morgan fingerprint density at radius 2 is 2.00 bits per heavy atom. The van der Waals surface area contributed by atoms with Crippen molar-refractivity contribution < 1.29 is 18.7 Å². The minimum atomic E-state index is -1.03. The molecule has 0 N–H and O–H groups in total.